The maximum absolute atomic E-state index is 11.7. The standard InChI is InChI=1S/C26H26N6O2S/c1-15-16(2)35-26-23(15)24(29-21(13-22(33)34)25-31-30-17(3)32(25)26)19-6-8-20(9-7-19)28-12-10-18-5-4-11-27-14-18/h4-9,11,14,21,28H,10,12-13H2,1-3H3,(H,33,34)/t21-/m0/s1. The van der Waals surface area contributed by atoms with Gasteiger partial charge in [-0.05, 0) is 56.5 Å². The lowest BCUT2D eigenvalue weighted by atomic mass is 9.99. The number of pyridine rings is 1. The van der Waals surface area contributed by atoms with Gasteiger partial charge in [0.2, 0.25) is 0 Å². The third-order valence-corrected chi connectivity index (χ3v) is 7.42. The first-order chi connectivity index (χ1) is 16.9. The van der Waals surface area contributed by atoms with Gasteiger partial charge in [-0.15, -0.1) is 21.5 Å². The topological polar surface area (TPSA) is 105 Å². The number of carbonyl (C=O) groups is 1. The minimum atomic E-state index is -0.920. The van der Waals surface area contributed by atoms with Crippen LogP contribution in [0.25, 0.3) is 5.00 Å². The number of hydrogen-bond acceptors (Lipinski definition) is 7. The summed E-state index contributed by atoms with van der Waals surface area (Å²) in [5.41, 5.74) is 6.09. The highest BCUT2D eigenvalue weighted by molar-refractivity contribution is 7.15. The van der Waals surface area contributed by atoms with Crippen molar-refractivity contribution >= 4 is 28.7 Å². The fourth-order valence-electron chi connectivity index (χ4n) is 4.33. The van der Waals surface area contributed by atoms with Crippen molar-refractivity contribution in [3.8, 4) is 5.00 Å². The number of fused-ring (bicyclic) bond motifs is 3. The zero-order valence-electron chi connectivity index (χ0n) is 19.8. The van der Waals surface area contributed by atoms with E-state index in [1.54, 1.807) is 17.5 Å². The molecule has 4 heterocycles. The van der Waals surface area contributed by atoms with Gasteiger partial charge in [-0.3, -0.25) is 19.3 Å². The minimum Gasteiger partial charge on any atom is -0.481 e. The Labute approximate surface area is 207 Å². The number of aliphatic carboxylic acids is 1. The van der Waals surface area contributed by atoms with E-state index in [0.717, 1.165) is 51.9 Å². The first kappa shape index (κ1) is 22.9. The number of aliphatic imine (C=N–C) groups is 1. The third-order valence-electron chi connectivity index (χ3n) is 6.23. The summed E-state index contributed by atoms with van der Waals surface area (Å²) >= 11 is 1.66. The number of rotatable bonds is 7. The summed E-state index contributed by atoms with van der Waals surface area (Å²) in [7, 11) is 0. The van der Waals surface area contributed by atoms with Gasteiger partial charge in [0.1, 0.15) is 16.9 Å². The van der Waals surface area contributed by atoms with Crippen molar-refractivity contribution in [1.82, 2.24) is 19.7 Å². The highest BCUT2D eigenvalue weighted by Crippen LogP contribution is 2.39. The van der Waals surface area contributed by atoms with Gasteiger partial charge in [0.15, 0.2) is 5.82 Å². The number of anilines is 1. The molecule has 9 heteroatoms. The Morgan fingerprint density at radius 2 is 1.94 bits per heavy atom. The number of aryl methyl sites for hydroxylation is 2. The molecule has 3 aromatic heterocycles. The Bertz CT molecular complexity index is 1410. The van der Waals surface area contributed by atoms with Crippen LogP contribution in [0.15, 0.2) is 53.8 Å². The molecule has 1 atom stereocenters. The number of hydrogen-bond donors (Lipinski definition) is 2. The largest absolute Gasteiger partial charge is 0.481 e. The molecule has 0 saturated carbocycles. The SMILES string of the molecule is Cc1sc2c(c1C)C(c1ccc(NCCc3cccnc3)cc1)=N[C@@H](CC(=O)O)c1nnc(C)n1-2. The predicted octanol–water partition coefficient (Wildman–Crippen LogP) is 4.67. The lowest BCUT2D eigenvalue weighted by Gasteiger charge is -2.12. The van der Waals surface area contributed by atoms with Crippen molar-refractivity contribution in [2.24, 2.45) is 4.99 Å². The monoisotopic (exact) mass is 486 g/mol. The maximum Gasteiger partial charge on any atom is 0.306 e. The molecule has 5 rings (SSSR count). The van der Waals surface area contributed by atoms with Crippen LogP contribution in [-0.4, -0.2) is 43.1 Å². The van der Waals surface area contributed by atoms with E-state index in [9.17, 15) is 9.90 Å². The van der Waals surface area contributed by atoms with Gasteiger partial charge in [-0.25, -0.2) is 0 Å². The Morgan fingerprint density at radius 1 is 1.14 bits per heavy atom. The normalized spacial score (nSPS) is 14.6. The van der Waals surface area contributed by atoms with Gasteiger partial charge in [0, 0.05) is 40.6 Å². The number of aromatic nitrogens is 4. The molecular formula is C26H26N6O2S. The molecule has 178 valence electrons. The molecule has 1 aliphatic rings. The average molecular weight is 487 g/mol. The molecule has 1 aliphatic heterocycles. The summed E-state index contributed by atoms with van der Waals surface area (Å²) in [5, 5.41) is 22.6. The molecule has 0 radical (unpaired) electrons. The highest BCUT2D eigenvalue weighted by Gasteiger charge is 2.32. The second-order valence-electron chi connectivity index (χ2n) is 8.61. The van der Waals surface area contributed by atoms with E-state index in [1.807, 2.05) is 48.0 Å². The van der Waals surface area contributed by atoms with Crippen molar-refractivity contribution in [2.45, 2.75) is 39.7 Å². The Kier molecular flexibility index (Phi) is 6.17. The third kappa shape index (κ3) is 4.46. The Balaban J connectivity index is 1.49. The van der Waals surface area contributed by atoms with E-state index in [2.05, 4.69) is 40.4 Å². The van der Waals surface area contributed by atoms with E-state index in [4.69, 9.17) is 4.99 Å². The van der Waals surface area contributed by atoms with Crippen LogP contribution in [0, 0.1) is 20.8 Å². The van der Waals surface area contributed by atoms with Crippen LogP contribution >= 0.6 is 11.3 Å². The summed E-state index contributed by atoms with van der Waals surface area (Å²) in [5.74, 6) is 0.371. The molecule has 0 amide bonds. The van der Waals surface area contributed by atoms with Gasteiger partial charge >= 0.3 is 5.97 Å². The summed E-state index contributed by atoms with van der Waals surface area (Å²) in [6, 6.07) is 11.6. The quantitative estimate of drug-likeness (QED) is 0.393. The molecule has 0 bridgehead atoms. The predicted molar refractivity (Wildman–Crippen MR) is 137 cm³/mol. The van der Waals surface area contributed by atoms with Crippen LogP contribution in [-0.2, 0) is 11.2 Å². The molecule has 0 spiro atoms. The Morgan fingerprint density at radius 3 is 2.66 bits per heavy atom. The number of nitrogens with zero attached hydrogens (tertiary/aromatic N) is 5. The molecular weight excluding hydrogens is 460 g/mol. The summed E-state index contributed by atoms with van der Waals surface area (Å²) < 4.78 is 1.97. The molecule has 0 aliphatic carbocycles. The van der Waals surface area contributed by atoms with Crippen molar-refractivity contribution in [3.05, 3.63) is 87.6 Å². The van der Waals surface area contributed by atoms with Crippen LogP contribution in [0.5, 0.6) is 0 Å². The first-order valence-electron chi connectivity index (χ1n) is 11.5. The van der Waals surface area contributed by atoms with Crippen molar-refractivity contribution in [3.63, 3.8) is 0 Å². The zero-order valence-corrected chi connectivity index (χ0v) is 20.6. The fraction of sp³-hybridized carbons (Fsp3) is 0.269. The van der Waals surface area contributed by atoms with Crippen molar-refractivity contribution < 1.29 is 9.90 Å². The van der Waals surface area contributed by atoms with Crippen molar-refractivity contribution in [1.29, 1.82) is 0 Å². The van der Waals surface area contributed by atoms with Crippen molar-refractivity contribution in [2.75, 3.05) is 11.9 Å². The van der Waals surface area contributed by atoms with Gasteiger partial charge in [0.25, 0.3) is 0 Å². The second-order valence-corrected chi connectivity index (χ2v) is 9.81. The first-order valence-corrected chi connectivity index (χ1v) is 12.3. The molecule has 8 nitrogen and oxygen atoms in total. The van der Waals surface area contributed by atoms with Gasteiger partial charge in [-0.2, -0.15) is 0 Å². The van der Waals surface area contributed by atoms with Crippen LogP contribution in [0.2, 0.25) is 0 Å². The molecule has 35 heavy (non-hydrogen) atoms. The smallest absolute Gasteiger partial charge is 0.306 e. The van der Waals surface area contributed by atoms with Crippen LogP contribution < -0.4 is 5.32 Å². The highest BCUT2D eigenvalue weighted by atomic mass is 32.1. The minimum absolute atomic E-state index is 0.150. The van der Waals surface area contributed by atoms with E-state index in [0.29, 0.717) is 5.82 Å². The van der Waals surface area contributed by atoms with Crippen LogP contribution in [0.3, 0.4) is 0 Å². The molecule has 4 aromatic rings. The molecule has 0 fully saturated rings. The lowest BCUT2D eigenvalue weighted by Crippen LogP contribution is -2.11. The summed E-state index contributed by atoms with van der Waals surface area (Å²) in [6.45, 7) is 6.87. The summed E-state index contributed by atoms with van der Waals surface area (Å²) in [4.78, 5) is 22.0. The Hall–Kier alpha value is -3.85. The van der Waals surface area contributed by atoms with E-state index >= 15 is 0 Å². The van der Waals surface area contributed by atoms with Crippen LogP contribution in [0.1, 0.15) is 51.2 Å². The van der Waals surface area contributed by atoms with Gasteiger partial charge < -0.3 is 10.4 Å². The number of nitrogens with one attached hydrogen (secondary N) is 1. The molecule has 0 unspecified atom stereocenters. The number of carboxylic acids is 1. The number of thiophene rings is 1. The van der Waals surface area contributed by atoms with Crippen LogP contribution in [0.4, 0.5) is 5.69 Å². The molecule has 0 saturated heterocycles. The lowest BCUT2D eigenvalue weighted by molar-refractivity contribution is -0.137. The van der Waals surface area contributed by atoms with E-state index in [1.165, 1.54) is 10.4 Å². The summed E-state index contributed by atoms with van der Waals surface area (Å²) in [6.07, 6.45) is 4.39. The van der Waals surface area contributed by atoms with Gasteiger partial charge in [0.05, 0.1) is 12.1 Å². The molecule has 1 aromatic carbocycles. The number of carboxylic acid groups (broad SMARTS) is 1. The van der Waals surface area contributed by atoms with Gasteiger partial charge in [-0.1, -0.05) is 18.2 Å². The second kappa shape index (κ2) is 9.42. The average Bonchev–Trinajstić information content (AvgIpc) is 3.32. The zero-order chi connectivity index (χ0) is 24.5. The number of benzene rings is 1. The molecule has 2 N–H and O–H groups in total. The van der Waals surface area contributed by atoms with E-state index < -0.39 is 12.0 Å². The maximum atomic E-state index is 11.7. The van der Waals surface area contributed by atoms with E-state index in [-0.39, 0.29) is 6.42 Å². The fourth-order valence-corrected chi connectivity index (χ4v) is 5.55.